The molecule has 0 bridgehead atoms. The second-order valence-electron chi connectivity index (χ2n) is 5.37. The summed E-state index contributed by atoms with van der Waals surface area (Å²) in [7, 11) is 5.89. The zero-order chi connectivity index (χ0) is 16.1. The van der Waals surface area contributed by atoms with Crippen LogP contribution in [0.25, 0.3) is 0 Å². The van der Waals surface area contributed by atoms with Gasteiger partial charge in [-0.2, -0.15) is 0 Å². The fraction of sp³-hybridized carbons (Fsp3) is 0.312. The van der Waals surface area contributed by atoms with Gasteiger partial charge in [-0.3, -0.25) is 9.69 Å². The van der Waals surface area contributed by atoms with Crippen LogP contribution in [-0.2, 0) is 11.3 Å². The van der Waals surface area contributed by atoms with Crippen LogP contribution in [-0.4, -0.2) is 38.5 Å². The number of nitrogens with zero attached hydrogens (tertiary/aromatic N) is 2. The number of anilines is 2. The first-order valence-electron chi connectivity index (χ1n) is 6.94. The molecule has 118 valence electrons. The van der Waals surface area contributed by atoms with Crippen LogP contribution >= 0.6 is 22.9 Å². The second kappa shape index (κ2) is 7.63. The molecule has 22 heavy (non-hydrogen) atoms. The van der Waals surface area contributed by atoms with Gasteiger partial charge in [-0.1, -0.05) is 11.6 Å². The predicted molar refractivity (Wildman–Crippen MR) is 95.1 cm³/mol. The number of carbonyl (C=O) groups is 1. The minimum absolute atomic E-state index is 0.0252. The Morgan fingerprint density at radius 1 is 1.14 bits per heavy atom. The number of halogens is 1. The number of rotatable bonds is 6. The van der Waals surface area contributed by atoms with Crippen molar-refractivity contribution in [2.75, 3.05) is 37.9 Å². The highest BCUT2D eigenvalue weighted by Gasteiger charge is 2.09. The third-order valence-electron chi connectivity index (χ3n) is 3.14. The Kier molecular flexibility index (Phi) is 5.83. The average molecular weight is 338 g/mol. The lowest BCUT2D eigenvalue weighted by atomic mass is 10.2. The highest BCUT2D eigenvalue weighted by Crippen LogP contribution is 2.22. The van der Waals surface area contributed by atoms with Crippen molar-refractivity contribution in [1.29, 1.82) is 0 Å². The summed E-state index contributed by atoms with van der Waals surface area (Å²) in [5, 5.41) is 2.91. The van der Waals surface area contributed by atoms with E-state index in [-0.39, 0.29) is 5.91 Å². The number of thiophene rings is 1. The lowest BCUT2D eigenvalue weighted by Crippen LogP contribution is -2.29. The number of nitrogens with one attached hydrogen (secondary N) is 1. The number of hydrogen-bond donors (Lipinski definition) is 1. The Labute approximate surface area is 140 Å². The Balaban J connectivity index is 1.84. The first kappa shape index (κ1) is 16.8. The quantitative estimate of drug-likeness (QED) is 0.875. The third-order valence-corrected chi connectivity index (χ3v) is 4.35. The summed E-state index contributed by atoms with van der Waals surface area (Å²) in [5.41, 5.74) is 1.91. The molecule has 0 spiro atoms. The number of likely N-dealkylation sites (N-methyl/N-ethyl adjacent to an activating group) is 1. The fourth-order valence-electron chi connectivity index (χ4n) is 2.05. The molecule has 2 aromatic rings. The van der Waals surface area contributed by atoms with Crippen LogP contribution in [0, 0.1) is 0 Å². The summed E-state index contributed by atoms with van der Waals surface area (Å²) in [6.45, 7) is 1.05. The molecule has 0 aliphatic heterocycles. The summed E-state index contributed by atoms with van der Waals surface area (Å²) in [6, 6.07) is 11.6. The fourth-order valence-corrected chi connectivity index (χ4v) is 3.22. The molecule has 0 atom stereocenters. The van der Waals surface area contributed by atoms with Gasteiger partial charge < -0.3 is 10.2 Å². The lowest BCUT2D eigenvalue weighted by molar-refractivity contribution is -0.117. The SMILES string of the molecule is CN(CC(=O)Nc1ccc(N(C)C)cc1)Cc1ccc(Cl)s1. The summed E-state index contributed by atoms with van der Waals surface area (Å²) in [4.78, 5) is 17.2. The van der Waals surface area contributed by atoms with Crippen molar-refractivity contribution in [3.05, 3.63) is 45.6 Å². The zero-order valence-electron chi connectivity index (χ0n) is 13.0. The number of hydrogen-bond acceptors (Lipinski definition) is 4. The zero-order valence-corrected chi connectivity index (χ0v) is 14.5. The molecule has 2 rings (SSSR count). The highest BCUT2D eigenvalue weighted by molar-refractivity contribution is 7.16. The maximum atomic E-state index is 12.1. The highest BCUT2D eigenvalue weighted by atomic mass is 35.5. The molecule has 0 fully saturated rings. The van der Waals surface area contributed by atoms with Crippen LogP contribution in [0.5, 0.6) is 0 Å². The monoisotopic (exact) mass is 337 g/mol. The van der Waals surface area contributed by atoms with Gasteiger partial charge in [0.05, 0.1) is 10.9 Å². The van der Waals surface area contributed by atoms with E-state index >= 15 is 0 Å². The Morgan fingerprint density at radius 2 is 1.82 bits per heavy atom. The Bertz CT molecular complexity index is 625. The first-order valence-corrected chi connectivity index (χ1v) is 8.13. The van der Waals surface area contributed by atoms with Crippen LogP contribution < -0.4 is 10.2 Å². The molecule has 0 radical (unpaired) electrons. The Morgan fingerprint density at radius 3 is 2.36 bits per heavy atom. The van der Waals surface area contributed by atoms with Gasteiger partial charge in [0.2, 0.25) is 5.91 Å². The topological polar surface area (TPSA) is 35.6 Å². The molecule has 0 saturated carbocycles. The minimum atomic E-state index is -0.0252. The average Bonchev–Trinajstić information content (AvgIpc) is 2.84. The van der Waals surface area contributed by atoms with Gasteiger partial charge in [0, 0.05) is 36.9 Å². The van der Waals surface area contributed by atoms with Crippen LogP contribution in [0.2, 0.25) is 4.34 Å². The van der Waals surface area contributed by atoms with Gasteiger partial charge >= 0.3 is 0 Å². The number of amides is 1. The second-order valence-corrected chi connectivity index (χ2v) is 7.17. The van der Waals surface area contributed by atoms with Crippen LogP contribution in [0.3, 0.4) is 0 Å². The molecule has 1 aromatic carbocycles. The van der Waals surface area contributed by atoms with E-state index in [1.165, 1.54) is 11.3 Å². The first-order chi connectivity index (χ1) is 10.4. The van der Waals surface area contributed by atoms with Crippen molar-refractivity contribution in [2.45, 2.75) is 6.54 Å². The largest absolute Gasteiger partial charge is 0.378 e. The molecule has 1 aromatic heterocycles. The molecular weight excluding hydrogens is 318 g/mol. The van der Waals surface area contributed by atoms with Crippen LogP contribution in [0.1, 0.15) is 4.88 Å². The van der Waals surface area contributed by atoms with Crippen molar-refractivity contribution in [2.24, 2.45) is 0 Å². The van der Waals surface area contributed by atoms with Gasteiger partial charge in [0.25, 0.3) is 0 Å². The molecule has 0 saturated heterocycles. The van der Waals surface area contributed by atoms with E-state index in [9.17, 15) is 4.79 Å². The van der Waals surface area contributed by atoms with Crippen LogP contribution in [0.15, 0.2) is 36.4 Å². The molecule has 6 heteroatoms. The molecule has 0 aliphatic rings. The number of benzene rings is 1. The summed E-state index contributed by atoms with van der Waals surface area (Å²) < 4.78 is 0.772. The minimum Gasteiger partial charge on any atom is -0.378 e. The van der Waals surface area contributed by atoms with E-state index in [1.807, 2.05) is 67.3 Å². The van der Waals surface area contributed by atoms with E-state index < -0.39 is 0 Å². The summed E-state index contributed by atoms with van der Waals surface area (Å²) in [6.07, 6.45) is 0. The van der Waals surface area contributed by atoms with Crippen molar-refractivity contribution in [3.8, 4) is 0 Å². The molecule has 4 nitrogen and oxygen atoms in total. The normalized spacial score (nSPS) is 10.8. The maximum Gasteiger partial charge on any atom is 0.238 e. The lowest BCUT2D eigenvalue weighted by Gasteiger charge is -2.16. The van der Waals surface area contributed by atoms with Gasteiger partial charge in [0.15, 0.2) is 0 Å². The van der Waals surface area contributed by atoms with E-state index in [2.05, 4.69) is 5.32 Å². The van der Waals surface area contributed by atoms with Crippen molar-refractivity contribution >= 4 is 40.2 Å². The van der Waals surface area contributed by atoms with E-state index in [1.54, 1.807) is 0 Å². The molecular formula is C16H20ClN3OS. The van der Waals surface area contributed by atoms with E-state index in [0.29, 0.717) is 13.1 Å². The molecule has 1 N–H and O–H groups in total. The molecule has 1 heterocycles. The smallest absolute Gasteiger partial charge is 0.238 e. The summed E-state index contributed by atoms with van der Waals surface area (Å²) >= 11 is 7.45. The van der Waals surface area contributed by atoms with E-state index in [0.717, 1.165) is 20.6 Å². The van der Waals surface area contributed by atoms with Crippen molar-refractivity contribution < 1.29 is 4.79 Å². The third kappa shape index (κ3) is 5.02. The standard InChI is InChI=1S/C16H20ClN3OS/c1-19(2)13-6-4-12(5-7-13)18-16(21)11-20(3)10-14-8-9-15(17)22-14/h4-9H,10-11H2,1-3H3,(H,18,21). The van der Waals surface area contributed by atoms with Gasteiger partial charge in [-0.05, 0) is 43.4 Å². The van der Waals surface area contributed by atoms with E-state index in [4.69, 9.17) is 11.6 Å². The molecule has 0 unspecified atom stereocenters. The Hall–Kier alpha value is -1.56. The van der Waals surface area contributed by atoms with Gasteiger partial charge in [-0.15, -0.1) is 11.3 Å². The van der Waals surface area contributed by atoms with Gasteiger partial charge in [0.1, 0.15) is 0 Å². The summed E-state index contributed by atoms with van der Waals surface area (Å²) in [5.74, 6) is -0.0252. The van der Waals surface area contributed by atoms with Gasteiger partial charge in [-0.25, -0.2) is 0 Å². The van der Waals surface area contributed by atoms with Crippen molar-refractivity contribution in [1.82, 2.24) is 4.90 Å². The molecule has 0 aliphatic carbocycles. The van der Waals surface area contributed by atoms with Crippen molar-refractivity contribution in [3.63, 3.8) is 0 Å². The maximum absolute atomic E-state index is 12.1. The van der Waals surface area contributed by atoms with Crippen LogP contribution in [0.4, 0.5) is 11.4 Å². The molecule has 1 amide bonds. The predicted octanol–water partition coefficient (Wildman–Crippen LogP) is 3.54. The number of carbonyl (C=O) groups excluding carboxylic acids is 1.